The zero-order valence-corrected chi connectivity index (χ0v) is 11.9. The van der Waals surface area contributed by atoms with E-state index in [2.05, 4.69) is 25.8 Å². The van der Waals surface area contributed by atoms with Gasteiger partial charge >= 0.3 is 0 Å². The molecule has 0 radical (unpaired) electrons. The van der Waals surface area contributed by atoms with E-state index in [1.165, 1.54) is 0 Å². The molecule has 2 unspecified atom stereocenters. The third kappa shape index (κ3) is 3.68. The van der Waals surface area contributed by atoms with Gasteiger partial charge in [-0.1, -0.05) is 20.8 Å². The lowest BCUT2D eigenvalue weighted by atomic mass is 9.82. The van der Waals surface area contributed by atoms with Crippen LogP contribution in [0.25, 0.3) is 0 Å². The molecule has 0 aliphatic carbocycles. The number of hydrogen-bond acceptors (Lipinski definition) is 4. The molecule has 0 amide bonds. The van der Waals surface area contributed by atoms with E-state index in [-0.39, 0.29) is 17.6 Å². The number of methoxy groups -OCH3 is 1. The molecule has 4 nitrogen and oxygen atoms in total. The van der Waals surface area contributed by atoms with E-state index >= 15 is 0 Å². The fourth-order valence-electron chi connectivity index (χ4n) is 2.08. The van der Waals surface area contributed by atoms with Crippen molar-refractivity contribution < 1.29 is 9.47 Å². The van der Waals surface area contributed by atoms with Gasteiger partial charge in [0.25, 0.3) is 0 Å². The first-order valence-corrected chi connectivity index (χ1v) is 6.26. The lowest BCUT2D eigenvalue weighted by molar-refractivity contribution is -0.00254. The second-order valence-electron chi connectivity index (χ2n) is 5.44. The van der Waals surface area contributed by atoms with Crippen LogP contribution in [-0.2, 0) is 4.74 Å². The number of ether oxygens (including phenoxy) is 2. The lowest BCUT2D eigenvalue weighted by Gasteiger charge is -2.34. The summed E-state index contributed by atoms with van der Waals surface area (Å²) in [6.07, 6.45) is 3.39. The fourth-order valence-corrected chi connectivity index (χ4v) is 2.08. The van der Waals surface area contributed by atoms with E-state index < -0.39 is 0 Å². The Labute approximate surface area is 110 Å². The van der Waals surface area contributed by atoms with Gasteiger partial charge in [-0.2, -0.15) is 0 Å². The van der Waals surface area contributed by atoms with Crippen molar-refractivity contribution in [1.82, 2.24) is 4.98 Å². The van der Waals surface area contributed by atoms with Gasteiger partial charge in [0, 0.05) is 13.3 Å². The van der Waals surface area contributed by atoms with Crippen molar-refractivity contribution in [3.8, 4) is 5.75 Å². The summed E-state index contributed by atoms with van der Waals surface area (Å²) in [5.74, 6) is 0.745. The standard InChI is InChI=1S/C14H24N2O2/c1-6-18-11-7-10(8-16-9-11)12(15)13(17-5)14(2,3)4/h7-9,12-13H,6,15H2,1-5H3. The number of aromatic nitrogens is 1. The Hall–Kier alpha value is -1.13. The van der Waals surface area contributed by atoms with Crippen molar-refractivity contribution >= 4 is 0 Å². The molecule has 0 saturated heterocycles. The minimum Gasteiger partial charge on any atom is -0.492 e. The van der Waals surface area contributed by atoms with Gasteiger partial charge in [-0.15, -0.1) is 0 Å². The van der Waals surface area contributed by atoms with Gasteiger partial charge in [0.2, 0.25) is 0 Å². The highest BCUT2D eigenvalue weighted by Crippen LogP contribution is 2.31. The summed E-state index contributed by atoms with van der Waals surface area (Å²) in [6, 6.07) is 1.71. The van der Waals surface area contributed by atoms with Gasteiger partial charge in [-0.05, 0) is 24.0 Å². The Balaban J connectivity index is 2.94. The van der Waals surface area contributed by atoms with Crippen molar-refractivity contribution in [3.05, 3.63) is 24.0 Å². The predicted molar refractivity (Wildman–Crippen MR) is 72.6 cm³/mol. The summed E-state index contributed by atoms with van der Waals surface area (Å²) in [4.78, 5) is 4.16. The van der Waals surface area contributed by atoms with E-state index in [1.54, 1.807) is 19.5 Å². The Kier molecular flexibility index (Phi) is 5.11. The highest BCUT2D eigenvalue weighted by atomic mass is 16.5. The van der Waals surface area contributed by atoms with Crippen LogP contribution < -0.4 is 10.5 Å². The van der Waals surface area contributed by atoms with Crippen LogP contribution in [0, 0.1) is 5.41 Å². The average Bonchev–Trinajstić information content (AvgIpc) is 2.28. The van der Waals surface area contributed by atoms with Crippen LogP contribution in [0.5, 0.6) is 5.75 Å². The van der Waals surface area contributed by atoms with Gasteiger partial charge in [0.05, 0.1) is 24.9 Å². The molecule has 1 aromatic rings. The maximum atomic E-state index is 6.28. The monoisotopic (exact) mass is 252 g/mol. The molecular formula is C14H24N2O2. The normalized spacial score (nSPS) is 15.2. The number of nitrogens with two attached hydrogens (primary N) is 1. The Morgan fingerprint density at radius 1 is 1.33 bits per heavy atom. The van der Waals surface area contributed by atoms with Crippen molar-refractivity contribution in [2.45, 2.75) is 39.8 Å². The van der Waals surface area contributed by atoms with Crippen LogP contribution >= 0.6 is 0 Å². The molecule has 0 aliphatic heterocycles. The van der Waals surface area contributed by atoms with Crippen LogP contribution in [0.2, 0.25) is 0 Å². The average molecular weight is 252 g/mol. The molecular weight excluding hydrogens is 228 g/mol. The van der Waals surface area contributed by atoms with E-state index in [1.807, 2.05) is 13.0 Å². The molecule has 1 rings (SSSR count). The Morgan fingerprint density at radius 3 is 2.50 bits per heavy atom. The summed E-state index contributed by atoms with van der Waals surface area (Å²) < 4.78 is 11.0. The quantitative estimate of drug-likeness (QED) is 0.875. The highest BCUT2D eigenvalue weighted by Gasteiger charge is 2.31. The number of pyridine rings is 1. The molecule has 102 valence electrons. The SMILES string of the molecule is CCOc1cncc(C(N)C(OC)C(C)(C)C)c1. The van der Waals surface area contributed by atoms with E-state index in [0.29, 0.717) is 6.61 Å². The van der Waals surface area contributed by atoms with Crippen molar-refractivity contribution in [1.29, 1.82) is 0 Å². The molecule has 2 N–H and O–H groups in total. The summed E-state index contributed by atoms with van der Waals surface area (Å²) >= 11 is 0. The molecule has 0 aliphatic rings. The van der Waals surface area contributed by atoms with Crippen molar-refractivity contribution in [2.24, 2.45) is 11.1 Å². The zero-order chi connectivity index (χ0) is 13.8. The minimum absolute atomic E-state index is 0.0320. The second kappa shape index (κ2) is 6.16. The first-order valence-electron chi connectivity index (χ1n) is 6.26. The third-order valence-corrected chi connectivity index (χ3v) is 2.86. The van der Waals surface area contributed by atoms with Crippen LogP contribution in [-0.4, -0.2) is 24.8 Å². The lowest BCUT2D eigenvalue weighted by Crippen LogP contribution is -2.38. The first kappa shape index (κ1) is 14.9. The van der Waals surface area contributed by atoms with Crippen LogP contribution in [0.1, 0.15) is 39.3 Å². The molecule has 1 aromatic heterocycles. The molecule has 18 heavy (non-hydrogen) atoms. The van der Waals surface area contributed by atoms with Crippen LogP contribution in [0.3, 0.4) is 0 Å². The Morgan fingerprint density at radius 2 is 2.00 bits per heavy atom. The summed E-state index contributed by atoms with van der Waals surface area (Å²) in [5, 5.41) is 0. The smallest absolute Gasteiger partial charge is 0.137 e. The van der Waals surface area contributed by atoms with Gasteiger partial charge in [-0.3, -0.25) is 4.98 Å². The number of nitrogens with zero attached hydrogens (tertiary/aromatic N) is 1. The predicted octanol–water partition coefficient (Wildman–Crippen LogP) is 2.54. The van der Waals surface area contributed by atoms with Crippen LogP contribution in [0.15, 0.2) is 18.5 Å². The zero-order valence-electron chi connectivity index (χ0n) is 11.9. The van der Waals surface area contributed by atoms with E-state index in [0.717, 1.165) is 11.3 Å². The highest BCUT2D eigenvalue weighted by molar-refractivity contribution is 5.26. The van der Waals surface area contributed by atoms with Crippen molar-refractivity contribution in [3.63, 3.8) is 0 Å². The largest absolute Gasteiger partial charge is 0.492 e. The number of hydrogen-bond donors (Lipinski definition) is 1. The first-order chi connectivity index (χ1) is 8.40. The van der Waals surface area contributed by atoms with Gasteiger partial charge in [0.15, 0.2) is 0 Å². The maximum Gasteiger partial charge on any atom is 0.137 e. The molecule has 2 atom stereocenters. The van der Waals surface area contributed by atoms with Gasteiger partial charge in [0.1, 0.15) is 5.75 Å². The van der Waals surface area contributed by atoms with Gasteiger partial charge < -0.3 is 15.2 Å². The summed E-state index contributed by atoms with van der Waals surface area (Å²) in [7, 11) is 1.69. The molecule has 0 aromatic carbocycles. The van der Waals surface area contributed by atoms with E-state index in [4.69, 9.17) is 15.2 Å². The molecule has 1 heterocycles. The van der Waals surface area contributed by atoms with E-state index in [9.17, 15) is 0 Å². The molecule has 0 fully saturated rings. The topological polar surface area (TPSA) is 57.4 Å². The van der Waals surface area contributed by atoms with Crippen LogP contribution in [0.4, 0.5) is 0 Å². The maximum absolute atomic E-state index is 6.28. The molecule has 0 saturated carbocycles. The van der Waals surface area contributed by atoms with Gasteiger partial charge in [-0.25, -0.2) is 0 Å². The molecule has 0 spiro atoms. The minimum atomic E-state index is -0.220. The third-order valence-electron chi connectivity index (χ3n) is 2.86. The summed E-state index contributed by atoms with van der Waals surface area (Å²) in [6.45, 7) is 8.90. The second-order valence-corrected chi connectivity index (χ2v) is 5.44. The summed E-state index contributed by atoms with van der Waals surface area (Å²) in [5.41, 5.74) is 7.18. The van der Waals surface area contributed by atoms with Crippen molar-refractivity contribution in [2.75, 3.05) is 13.7 Å². The Bertz CT molecular complexity index is 374. The number of rotatable bonds is 5. The molecule has 0 bridgehead atoms. The fraction of sp³-hybridized carbons (Fsp3) is 0.643. The molecule has 4 heteroatoms.